The third-order valence-corrected chi connectivity index (χ3v) is 5.64. The highest BCUT2D eigenvalue weighted by atomic mass is 32.1. The van der Waals surface area contributed by atoms with Crippen LogP contribution in [0.3, 0.4) is 0 Å². The SMILES string of the molecule is O=C(c1ccccc1F)N1CCC(Cn2nnn(-c3cccs3)c2=O)CC1. The minimum Gasteiger partial charge on any atom is -0.339 e. The molecule has 0 unspecified atom stereocenters. The quantitative estimate of drug-likeness (QED) is 0.688. The molecule has 0 saturated carbocycles. The summed E-state index contributed by atoms with van der Waals surface area (Å²) in [7, 11) is 0. The molecule has 0 spiro atoms. The summed E-state index contributed by atoms with van der Waals surface area (Å²) in [4.78, 5) is 26.6. The number of hydrogen-bond acceptors (Lipinski definition) is 5. The highest BCUT2D eigenvalue weighted by Crippen LogP contribution is 2.21. The maximum atomic E-state index is 13.8. The first kappa shape index (κ1) is 17.6. The molecule has 2 aromatic heterocycles. The number of thiophene rings is 1. The molecule has 0 N–H and O–H groups in total. The molecule has 3 aromatic rings. The number of rotatable bonds is 4. The lowest BCUT2D eigenvalue weighted by Crippen LogP contribution is -2.40. The molecule has 1 fully saturated rings. The van der Waals surface area contributed by atoms with Crippen molar-refractivity contribution in [2.75, 3.05) is 13.1 Å². The fourth-order valence-electron chi connectivity index (χ4n) is 3.29. The van der Waals surface area contributed by atoms with Gasteiger partial charge in [-0.05, 0) is 58.8 Å². The highest BCUT2D eigenvalue weighted by Gasteiger charge is 2.26. The molecule has 1 aromatic carbocycles. The van der Waals surface area contributed by atoms with Gasteiger partial charge in [-0.3, -0.25) is 4.79 Å². The van der Waals surface area contributed by atoms with E-state index in [0.717, 1.165) is 17.8 Å². The second-order valence-electron chi connectivity index (χ2n) is 6.52. The van der Waals surface area contributed by atoms with Crippen LogP contribution in [0.25, 0.3) is 5.00 Å². The third kappa shape index (κ3) is 3.55. The van der Waals surface area contributed by atoms with Crippen molar-refractivity contribution in [1.82, 2.24) is 24.7 Å². The van der Waals surface area contributed by atoms with Crippen LogP contribution in [-0.4, -0.2) is 43.7 Å². The second-order valence-corrected chi connectivity index (χ2v) is 7.45. The van der Waals surface area contributed by atoms with Gasteiger partial charge in [0.2, 0.25) is 0 Å². The number of piperidine rings is 1. The molecule has 7 nitrogen and oxygen atoms in total. The number of carbonyl (C=O) groups excluding carboxylic acids is 1. The molecule has 4 rings (SSSR count). The van der Waals surface area contributed by atoms with E-state index in [1.54, 1.807) is 17.0 Å². The number of halogens is 1. The van der Waals surface area contributed by atoms with E-state index in [1.807, 2.05) is 17.5 Å². The largest absolute Gasteiger partial charge is 0.369 e. The van der Waals surface area contributed by atoms with E-state index in [0.29, 0.717) is 19.6 Å². The second kappa shape index (κ2) is 7.43. The fraction of sp³-hybridized carbons (Fsp3) is 0.333. The Morgan fingerprint density at radius 3 is 2.63 bits per heavy atom. The number of carbonyl (C=O) groups is 1. The molecule has 0 radical (unpaired) electrons. The van der Waals surface area contributed by atoms with Crippen molar-refractivity contribution >= 4 is 17.2 Å². The minimum atomic E-state index is -0.499. The summed E-state index contributed by atoms with van der Waals surface area (Å²) in [6.45, 7) is 1.53. The van der Waals surface area contributed by atoms with E-state index >= 15 is 0 Å². The first-order valence-electron chi connectivity index (χ1n) is 8.74. The van der Waals surface area contributed by atoms with Crippen molar-refractivity contribution in [2.24, 2.45) is 5.92 Å². The molecule has 0 bridgehead atoms. The molecule has 1 aliphatic rings. The third-order valence-electron chi connectivity index (χ3n) is 4.79. The molecular formula is C18H18FN5O2S. The topological polar surface area (TPSA) is 73.0 Å². The minimum absolute atomic E-state index is 0.103. The molecular weight excluding hydrogens is 369 g/mol. The Morgan fingerprint density at radius 1 is 1.15 bits per heavy atom. The zero-order chi connectivity index (χ0) is 18.8. The van der Waals surface area contributed by atoms with Gasteiger partial charge < -0.3 is 4.90 Å². The van der Waals surface area contributed by atoms with Gasteiger partial charge in [0.15, 0.2) is 0 Å². The Hall–Kier alpha value is -2.81. The lowest BCUT2D eigenvalue weighted by molar-refractivity contribution is 0.0675. The van der Waals surface area contributed by atoms with Crippen molar-refractivity contribution in [3.8, 4) is 5.00 Å². The van der Waals surface area contributed by atoms with Crippen molar-refractivity contribution in [2.45, 2.75) is 19.4 Å². The van der Waals surface area contributed by atoms with E-state index < -0.39 is 5.82 Å². The standard InChI is InChI=1S/C18H18FN5O2S/c19-15-5-2-1-4-14(15)17(25)22-9-7-13(8-10-22)12-23-18(26)24(21-20-23)16-6-3-11-27-16/h1-6,11,13H,7-10,12H2. The Balaban J connectivity index is 1.38. The van der Waals surface area contributed by atoms with Crippen molar-refractivity contribution in [1.29, 1.82) is 0 Å². The van der Waals surface area contributed by atoms with Crippen molar-refractivity contribution in [3.05, 3.63) is 63.6 Å². The number of aromatic nitrogens is 4. The molecule has 140 valence electrons. The summed E-state index contributed by atoms with van der Waals surface area (Å²) < 4.78 is 16.5. The number of amides is 1. The van der Waals surface area contributed by atoms with Gasteiger partial charge in [-0.25, -0.2) is 9.18 Å². The van der Waals surface area contributed by atoms with E-state index in [9.17, 15) is 14.0 Å². The number of benzene rings is 1. The van der Waals surface area contributed by atoms with Crippen molar-refractivity contribution in [3.63, 3.8) is 0 Å². The van der Waals surface area contributed by atoms with E-state index in [1.165, 1.54) is 32.8 Å². The Bertz CT molecular complexity index is 989. The molecule has 1 amide bonds. The molecule has 9 heteroatoms. The van der Waals surface area contributed by atoms with Gasteiger partial charge in [-0.1, -0.05) is 12.1 Å². The summed E-state index contributed by atoms with van der Waals surface area (Å²) in [5, 5.41) is 10.5. The van der Waals surface area contributed by atoms with Gasteiger partial charge in [0.05, 0.1) is 12.1 Å². The maximum Gasteiger partial charge on any atom is 0.369 e. The molecule has 27 heavy (non-hydrogen) atoms. The van der Waals surface area contributed by atoms with Crippen LogP contribution in [0.5, 0.6) is 0 Å². The maximum absolute atomic E-state index is 13.8. The van der Waals surface area contributed by atoms with Crippen LogP contribution < -0.4 is 5.69 Å². The molecule has 1 saturated heterocycles. The van der Waals surface area contributed by atoms with Gasteiger partial charge in [-0.15, -0.1) is 11.3 Å². The van der Waals surface area contributed by atoms with E-state index in [2.05, 4.69) is 10.4 Å². The van der Waals surface area contributed by atoms with Crippen LogP contribution in [0.1, 0.15) is 23.2 Å². The van der Waals surface area contributed by atoms with E-state index in [-0.39, 0.29) is 23.1 Å². The van der Waals surface area contributed by atoms with Gasteiger partial charge >= 0.3 is 5.69 Å². The normalized spacial score (nSPS) is 15.2. The van der Waals surface area contributed by atoms with Crippen LogP contribution >= 0.6 is 11.3 Å². The predicted octanol–water partition coefficient (Wildman–Crippen LogP) is 2.18. The molecule has 0 atom stereocenters. The smallest absolute Gasteiger partial charge is 0.339 e. The van der Waals surface area contributed by atoms with Gasteiger partial charge in [0.1, 0.15) is 10.8 Å². The summed E-state index contributed by atoms with van der Waals surface area (Å²) in [5.74, 6) is -0.561. The van der Waals surface area contributed by atoms with Gasteiger partial charge in [-0.2, -0.15) is 9.36 Å². The van der Waals surface area contributed by atoms with Crippen LogP contribution in [0.2, 0.25) is 0 Å². The van der Waals surface area contributed by atoms with Crippen LogP contribution in [0.15, 0.2) is 46.6 Å². The summed E-state index contributed by atoms with van der Waals surface area (Å²) in [6, 6.07) is 9.70. The molecule has 3 heterocycles. The number of tetrazole rings is 1. The molecule has 0 aliphatic carbocycles. The highest BCUT2D eigenvalue weighted by molar-refractivity contribution is 7.12. The first-order valence-corrected chi connectivity index (χ1v) is 9.62. The summed E-state index contributed by atoms with van der Waals surface area (Å²) in [5.41, 5.74) is -0.159. The lowest BCUT2D eigenvalue weighted by atomic mass is 9.96. The Morgan fingerprint density at radius 2 is 1.93 bits per heavy atom. The van der Waals surface area contributed by atoms with E-state index in [4.69, 9.17) is 0 Å². The average molecular weight is 387 g/mol. The van der Waals surface area contributed by atoms with Gasteiger partial charge in [0.25, 0.3) is 5.91 Å². The number of nitrogens with zero attached hydrogens (tertiary/aromatic N) is 5. The lowest BCUT2D eigenvalue weighted by Gasteiger charge is -2.31. The monoisotopic (exact) mass is 387 g/mol. The fourth-order valence-corrected chi connectivity index (χ4v) is 3.95. The van der Waals surface area contributed by atoms with Crippen LogP contribution in [0.4, 0.5) is 4.39 Å². The Labute approximate surface area is 158 Å². The van der Waals surface area contributed by atoms with Crippen molar-refractivity contribution < 1.29 is 9.18 Å². The van der Waals surface area contributed by atoms with Crippen LogP contribution in [0, 0.1) is 11.7 Å². The number of likely N-dealkylation sites (tertiary alicyclic amines) is 1. The average Bonchev–Trinajstić information content (AvgIpc) is 3.33. The molecule has 1 aliphatic heterocycles. The first-order chi connectivity index (χ1) is 13.1. The summed E-state index contributed by atoms with van der Waals surface area (Å²) in [6.07, 6.45) is 1.47. The predicted molar refractivity (Wildman–Crippen MR) is 98.5 cm³/mol. The summed E-state index contributed by atoms with van der Waals surface area (Å²) >= 11 is 1.42. The number of hydrogen-bond donors (Lipinski definition) is 0. The zero-order valence-electron chi connectivity index (χ0n) is 14.5. The Kier molecular flexibility index (Phi) is 4.85. The zero-order valence-corrected chi connectivity index (χ0v) is 15.3. The van der Waals surface area contributed by atoms with Gasteiger partial charge in [0, 0.05) is 13.1 Å². The van der Waals surface area contributed by atoms with Crippen LogP contribution in [-0.2, 0) is 6.54 Å².